The topological polar surface area (TPSA) is 29.9 Å². The van der Waals surface area contributed by atoms with Crippen LogP contribution in [0, 0.1) is 0 Å². The molecular formula is C13H17N3. The molecule has 2 heterocycles. The summed E-state index contributed by atoms with van der Waals surface area (Å²) in [5, 5.41) is 3.37. The average Bonchev–Trinajstić information content (AvgIpc) is 2.80. The molecule has 1 N–H and O–H groups in total. The summed E-state index contributed by atoms with van der Waals surface area (Å²) in [4.78, 5) is 4.72. The lowest BCUT2D eigenvalue weighted by atomic mass is 10.1. The normalized spacial score (nSPS) is 15.0. The Morgan fingerprint density at radius 3 is 2.62 bits per heavy atom. The second-order valence-electron chi connectivity index (χ2n) is 4.90. The van der Waals surface area contributed by atoms with Gasteiger partial charge >= 0.3 is 0 Å². The fourth-order valence-corrected chi connectivity index (χ4v) is 2.52. The summed E-state index contributed by atoms with van der Waals surface area (Å²) in [6, 6.07) is 4.51. The van der Waals surface area contributed by atoms with Crippen molar-refractivity contribution in [2.75, 3.05) is 0 Å². The molecule has 1 aliphatic rings. The summed E-state index contributed by atoms with van der Waals surface area (Å²) in [5.74, 6) is 1.65. The van der Waals surface area contributed by atoms with Crippen LogP contribution in [0.3, 0.4) is 0 Å². The Balaban J connectivity index is 2.28. The molecule has 1 aromatic heterocycles. The van der Waals surface area contributed by atoms with Crippen molar-refractivity contribution in [3.05, 3.63) is 29.1 Å². The largest absolute Gasteiger partial charge is 0.331 e. The van der Waals surface area contributed by atoms with Gasteiger partial charge in [-0.15, -0.1) is 0 Å². The molecule has 3 nitrogen and oxygen atoms in total. The van der Waals surface area contributed by atoms with E-state index in [9.17, 15) is 0 Å². The minimum absolute atomic E-state index is 0.477. The standard InChI is InChI=1S/C13H17N3/c1-8(2)13-15-11-4-9-6-14-7-10(9)5-12(11)16(13)3/h4-5,8,14H,6-7H2,1-3H3. The second kappa shape index (κ2) is 3.32. The van der Waals surface area contributed by atoms with E-state index in [2.05, 4.69) is 42.9 Å². The number of rotatable bonds is 1. The second-order valence-corrected chi connectivity index (χ2v) is 4.90. The zero-order chi connectivity index (χ0) is 11.3. The fraction of sp³-hybridized carbons (Fsp3) is 0.462. The minimum Gasteiger partial charge on any atom is -0.331 e. The molecule has 1 aliphatic heterocycles. The Kier molecular flexibility index (Phi) is 2.04. The van der Waals surface area contributed by atoms with E-state index in [0.29, 0.717) is 5.92 Å². The van der Waals surface area contributed by atoms with Crippen molar-refractivity contribution in [3.8, 4) is 0 Å². The lowest BCUT2D eigenvalue weighted by Crippen LogP contribution is -2.00. The maximum Gasteiger partial charge on any atom is 0.112 e. The number of aromatic nitrogens is 2. The van der Waals surface area contributed by atoms with Gasteiger partial charge in [-0.25, -0.2) is 4.98 Å². The number of nitrogens with one attached hydrogen (secondary N) is 1. The molecule has 0 bridgehead atoms. The van der Waals surface area contributed by atoms with Gasteiger partial charge in [-0.3, -0.25) is 0 Å². The molecule has 0 atom stereocenters. The molecule has 0 unspecified atom stereocenters. The predicted molar refractivity (Wildman–Crippen MR) is 65.3 cm³/mol. The Bertz CT molecular complexity index is 552. The van der Waals surface area contributed by atoms with Crippen molar-refractivity contribution >= 4 is 11.0 Å². The highest BCUT2D eigenvalue weighted by atomic mass is 15.1. The molecule has 0 saturated carbocycles. The molecule has 0 spiro atoms. The van der Waals surface area contributed by atoms with Gasteiger partial charge in [0, 0.05) is 26.1 Å². The lowest BCUT2D eigenvalue weighted by molar-refractivity contribution is 0.722. The van der Waals surface area contributed by atoms with Crippen LogP contribution in [-0.4, -0.2) is 9.55 Å². The number of imidazole rings is 1. The molecule has 0 radical (unpaired) electrons. The highest BCUT2D eigenvalue weighted by Crippen LogP contribution is 2.25. The first kappa shape index (κ1) is 9.85. The first-order valence-electron chi connectivity index (χ1n) is 5.85. The van der Waals surface area contributed by atoms with Crippen molar-refractivity contribution in [1.29, 1.82) is 0 Å². The van der Waals surface area contributed by atoms with Gasteiger partial charge in [-0.05, 0) is 23.3 Å². The third-order valence-electron chi connectivity index (χ3n) is 3.38. The van der Waals surface area contributed by atoms with E-state index in [0.717, 1.165) is 18.6 Å². The molecule has 0 amide bonds. The van der Waals surface area contributed by atoms with Crippen LogP contribution in [0.2, 0.25) is 0 Å². The van der Waals surface area contributed by atoms with E-state index < -0.39 is 0 Å². The number of aryl methyl sites for hydroxylation is 1. The first-order valence-corrected chi connectivity index (χ1v) is 5.85. The van der Waals surface area contributed by atoms with Gasteiger partial charge in [0.05, 0.1) is 11.0 Å². The summed E-state index contributed by atoms with van der Waals surface area (Å²) >= 11 is 0. The summed E-state index contributed by atoms with van der Waals surface area (Å²) in [7, 11) is 2.11. The summed E-state index contributed by atoms with van der Waals surface area (Å²) < 4.78 is 2.22. The van der Waals surface area contributed by atoms with Gasteiger partial charge in [-0.2, -0.15) is 0 Å². The fourth-order valence-electron chi connectivity index (χ4n) is 2.52. The SMILES string of the molecule is CC(C)c1nc2cc3c(cc2n1C)CNC3. The molecule has 0 aliphatic carbocycles. The summed E-state index contributed by atoms with van der Waals surface area (Å²) in [6.07, 6.45) is 0. The molecular weight excluding hydrogens is 198 g/mol. The van der Waals surface area contributed by atoms with Crippen molar-refractivity contribution < 1.29 is 0 Å². The third kappa shape index (κ3) is 1.28. The van der Waals surface area contributed by atoms with Crippen molar-refractivity contribution in [2.45, 2.75) is 32.9 Å². The van der Waals surface area contributed by atoms with Gasteiger partial charge in [0.2, 0.25) is 0 Å². The Morgan fingerprint density at radius 1 is 1.25 bits per heavy atom. The van der Waals surface area contributed by atoms with E-state index in [1.807, 2.05) is 0 Å². The monoisotopic (exact) mass is 215 g/mol. The molecule has 3 rings (SSSR count). The van der Waals surface area contributed by atoms with Crippen LogP contribution >= 0.6 is 0 Å². The number of hydrogen-bond acceptors (Lipinski definition) is 2. The molecule has 84 valence electrons. The van der Waals surface area contributed by atoms with Crippen LogP contribution in [0.5, 0.6) is 0 Å². The van der Waals surface area contributed by atoms with Crippen molar-refractivity contribution in [2.24, 2.45) is 7.05 Å². The number of fused-ring (bicyclic) bond motifs is 2. The molecule has 0 fully saturated rings. The smallest absolute Gasteiger partial charge is 0.112 e. The quantitative estimate of drug-likeness (QED) is 0.791. The Morgan fingerprint density at radius 2 is 1.94 bits per heavy atom. The van der Waals surface area contributed by atoms with Crippen LogP contribution in [0.1, 0.15) is 36.7 Å². The first-order chi connectivity index (χ1) is 7.66. The van der Waals surface area contributed by atoms with Crippen molar-refractivity contribution in [3.63, 3.8) is 0 Å². The van der Waals surface area contributed by atoms with Crippen LogP contribution < -0.4 is 5.32 Å². The number of benzene rings is 1. The zero-order valence-electron chi connectivity index (χ0n) is 10.0. The number of nitrogens with zero attached hydrogens (tertiary/aromatic N) is 2. The van der Waals surface area contributed by atoms with Crippen molar-refractivity contribution in [1.82, 2.24) is 14.9 Å². The van der Waals surface area contributed by atoms with E-state index in [1.165, 1.54) is 22.5 Å². The molecule has 16 heavy (non-hydrogen) atoms. The van der Waals surface area contributed by atoms with Gasteiger partial charge in [0.25, 0.3) is 0 Å². The number of hydrogen-bond donors (Lipinski definition) is 1. The Labute approximate surface area is 95.5 Å². The van der Waals surface area contributed by atoms with E-state index in [1.54, 1.807) is 0 Å². The third-order valence-corrected chi connectivity index (χ3v) is 3.38. The van der Waals surface area contributed by atoms with Gasteiger partial charge in [0.15, 0.2) is 0 Å². The zero-order valence-corrected chi connectivity index (χ0v) is 10.0. The van der Waals surface area contributed by atoms with Crippen LogP contribution in [0.15, 0.2) is 12.1 Å². The van der Waals surface area contributed by atoms with Crippen LogP contribution in [0.4, 0.5) is 0 Å². The highest BCUT2D eigenvalue weighted by molar-refractivity contribution is 5.78. The van der Waals surface area contributed by atoms with Gasteiger partial charge in [-0.1, -0.05) is 13.8 Å². The van der Waals surface area contributed by atoms with E-state index in [4.69, 9.17) is 4.98 Å². The minimum atomic E-state index is 0.477. The Hall–Kier alpha value is -1.35. The molecule has 1 aromatic carbocycles. The highest BCUT2D eigenvalue weighted by Gasteiger charge is 2.16. The maximum atomic E-state index is 4.72. The molecule has 0 saturated heterocycles. The van der Waals surface area contributed by atoms with E-state index in [-0.39, 0.29) is 0 Å². The van der Waals surface area contributed by atoms with Crippen LogP contribution in [0.25, 0.3) is 11.0 Å². The molecule has 3 heteroatoms. The molecule has 2 aromatic rings. The summed E-state index contributed by atoms with van der Waals surface area (Å²) in [6.45, 7) is 6.36. The average molecular weight is 215 g/mol. The van der Waals surface area contributed by atoms with Gasteiger partial charge in [0.1, 0.15) is 5.82 Å². The van der Waals surface area contributed by atoms with Crippen LogP contribution in [-0.2, 0) is 20.1 Å². The maximum absolute atomic E-state index is 4.72. The van der Waals surface area contributed by atoms with Gasteiger partial charge < -0.3 is 9.88 Å². The van der Waals surface area contributed by atoms with E-state index >= 15 is 0 Å². The predicted octanol–water partition coefficient (Wildman–Crippen LogP) is 2.30. The summed E-state index contributed by atoms with van der Waals surface area (Å²) in [5.41, 5.74) is 5.21. The lowest BCUT2D eigenvalue weighted by Gasteiger charge is -2.05.